The number of hydrogen-bond acceptors (Lipinski definition) is 5. The van der Waals surface area contributed by atoms with Gasteiger partial charge in [0.25, 0.3) is 8.32 Å². The van der Waals surface area contributed by atoms with Crippen LogP contribution in [0.1, 0.15) is 61.0 Å². The molecule has 0 radical (unpaired) electrons. The van der Waals surface area contributed by atoms with Crippen molar-refractivity contribution in [3.05, 3.63) is 29.8 Å². The molecule has 5 nitrogen and oxygen atoms in total. The maximum atomic E-state index is 8.33. The first kappa shape index (κ1) is 29.9. The van der Waals surface area contributed by atoms with Gasteiger partial charge in [-0.25, -0.2) is 0 Å². The van der Waals surface area contributed by atoms with Crippen molar-refractivity contribution in [1.82, 2.24) is 5.32 Å². The summed E-state index contributed by atoms with van der Waals surface area (Å²) in [5.74, 6) is 1.17. The summed E-state index contributed by atoms with van der Waals surface area (Å²) in [6, 6.07) is 8.41. The summed E-state index contributed by atoms with van der Waals surface area (Å²) >= 11 is 0. The van der Waals surface area contributed by atoms with Crippen molar-refractivity contribution in [3.63, 3.8) is 0 Å². The van der Waals surface area contributed by atoms with Crippen LogP contribution < -0.4 is 10.1 Å². The monoisotopic (exact) mass is 494 g/mol. The summed E-state index contributed by atoms with van der Waals surface area (Å²) in [7, 11) is -3.87. The van der Waals surface area contributed by atoms with Crippen LogP contribution in [0, 0.1) is 5.41 Å². The second-order valence-corrected chi connectivity index (χ2v) is 22.0. The molecule has 33 heavy (non-hydrogen) atoms. The van der Waals surface area contributed by atoms with Gasteiger partial charge >= 0.3 is 0 Å². The van der Waals surface area contributed by atoms with Gasteiger partial charge in [0, 0.05) is 19.0 Å². The SMILES string of the molecule is CC(C)NCC(COc1ccc(CC(=N)O[Si](C)(C)C(C)(C)C)cc1)O[Si](C)(C)C(C)(C)C. The molecule has 1 atom stereocenters. The lowest BCUT2D eigenvalue weighted by Crippen LogP contribution is -2.48. The summed E-state index contributed by atoms with van der Waals surface area (Å²) < 4.78 is 18.9. The zero-order valence-electron chi connectivity index (χ0n) is 23.3. The van der Waals surface area contributed by atoms with Gasteiger partial charge in [0.2, 0.25) is 0 Å². The Bertz CT molecular complexity index is 748. The van der Waals surface area contributed by atoms with E-state index < -0.39 is 16.6 Å². The fraction of sp³-hybridized carbons (Fsp3) is 0.731. The maximum absolute atomic E-state index is 8.33. The van der Waals surface area contributed by atoms with Crippen molar-refractivity contribution >= 4 is 22.5 Å². The molecule has 1 aromatic carbocycles. The Morgan fingerprint density at radius 2 is 1.42 bits per heavy atom. The van der Waals surface area contributed by atoms with E-state index in [1.165, 1.54) is 0 Å². The molecule has 0 spiro atoms. The van der Waals surface area contributed by atoms with Crippen molar-refractivity contribution in [2.45, 2.75) is 110 Å². The van der Waals surface area contributed by atoms with Crippen molar-refractivity contribution < 1.29 is 13.6 Å². The number of rotatable bonds is 11. The molecule has 0 amide bonds. The second-order valence-electron chi connectivity index (χ2n) is 12.5. The van der Waals surface area contributed by atoms with E-state index >= 15 is 0 Å². The van der Waals surface area contributed by atoms with Gasteiger partial charge in [-0.3, -0.25) is 5.41 Å². The standard InChI is InChI=1S/C26H50N2O3Si2/c1-20(2)28-18-23(30-32(9,10)25(3,4)5)19-29-22-15-13-21(14-16-22)17-24(27)31-33(11,12)26(6,7)8/h13-16,20,23,27-28H,17-19H2,1-12H3. The van der Waals surface area contributed by atoms with Gasteiger partial charge in [-0.1, -0.05) is 67.5 Å². The van der Waals surface area contributed by atoms with Crippen molar-refractivity contribution in [1.29, 1.82) is 5.41 Å². The highest BCUT2D eigenvalue weighted by Gasteiger charge is 2.40. The number of hydrogen-bond donors (Lipinski definition) is 2. The molecule has 0 aromatic heterocycles. The lowest BCUT2D eigenvalue weighted by molar-refractivity contribution is 0.112. The minimum Gasteiger partial charge on any atom is -0.534 e. The average molecular weight is 495 g/mol. The third-order valence-electron chi connectivity index (χ3n) is 6.93. The summed E-state index contributed by atoms with van der Waals surface area (Å²) in [6.45, 7) is 27.9. The minimum atomic E-state index is -1.97. The van der Waals surface area contributed by atoms with Crippen LogP contribution in [0.4, 0.5) is 0 Å². The number of nitrogens with one attached hydrogen (secondary N) is 2. The Kier molecular flexibility index (Phi) is 10.4. The summed E-state index contributed by atoms with van der Waals surface area (Å²) in [5, 5.41) is 12.1. The zero-order valence-corrected chi connectivity index (χ0v) is 25.3. The molecule has 0 saturated carbocycles. The van der Waals surface area contributed by atoms with E-state index in [2.05, 4.69) is 86.9 Å². The maximum Gasteiger partial charge on any atom is 0.252 e. The molecular weight excluding hydrogens is 444 g/mol. The fourth-order valence-electron chi connectivity index (χ4n) is 2.67. The Morgan fingerprint density at radius 1 is 0.909 bits per heavy atom. The zero-order chi connectivity index (χ0) is 25.7. The van der Waals surface area contributed by atoms with Crippen LogP contribution in [0.2, 0.25) is 36.3 Å². The predicted octanol–water partition coefficient (Wildman–Crippen LogP) is 7.00. The molecule has 0 aliphatic carbocycles. The van der Waals surface area contributed by atoms with E-state index in [0.29, 0.717) is 25.0 Å². The summed E-state index contributed by atoms with van der Waals surface area (Å²) in [5.41, 5.74) is 1.06. The molecule has 0 fully saturated rings. The second kappa shape index (κ2) is 11.5. The van der Waals surface area contributed by atoms with Gasteiger partial charge in [0.05, 0.1) is 6.10 Å². The van der Waals surface area contributed by atoms with Crippen LogP contribution in [0.25, 0.3) is 0 Å². The number of ether oxygens (including phenoxy) is 1. The fourth-order valence-corrected chi connectivity index (χ4v) is 5.00. The largest absolute Gasteiger partial charge is 0.534 e. The third kappa shape index (κ3) is 9.93. The molecule has 0 aliphatic rings. The lowest BCUT2D eigenvalue weighted by Gasteiger charge is -2.39. The van der Waals surface area contributed by atoms with E-state index in [1.807, 2.05) is 24.3 Å². The highest BCUT2D eigenvalue weighted by Crippen LogP contribution is 2.38. The van der Waals surface area contributed by atoms with Crippen molar-refractivity contribution in [2.24, 2.45) is 0 Å². The van der Waals surface area contributed by atoms with Crippen molar-refractivity contribution in [3.8, 4) is 5.75 Å². The Morgan fingerprint density at radius 3 is 1.88 bits per heavy atom. The predicted molar refractivity (Wildman–Crippen MR) is 147 cm³/mol. The highest BCUT2D eigenvalue weighted by atomic mass is 28.4. The van der Waals surface area contributed by atoms with Crippen LogP contribution in [0.15, 0.2) is 24.3 Å². The Labute approximate surface area is 205 Å². The van der Waals surface area contributed by atoms with Gasteiger partial charge in [-0.05, 0) is 54.0 Å². The normalized spacial score (nSPS) is 14.3. The first-order valence-electron chi connectivity index (χ1n) is 12.2. The van der Waals surface area contributed by atoms with Gasteiger partial charge in [0.15, 0.2) is 14.2 Å². The molecule has 2 N–H and O–H groups in total. The molecule has 0 heterocycles. The minimum absolute atomic E-state index is 0.000802. The average Bonchev–Trinajstić information content (AvgIpc) is 2.62. The molecule has 0 bridgehead atoms. The van der Waals surface area contributed by atoms with E-state index in [-0.39, 0.29) is 16.2 Å². The molecule has 0 aliphatic heterocycles. The summed E-state index contributed by atoms with van der Waals surface area (Å²) in [4.78, 5) is 0. The molecule has 1 aromatic rings. The molecule has 190 valence electrons. The van der Waals surface area contributed by atoms with Crippen LogP contribution in [0.5, 0.6) is 5.75 Å². The number of benzene rings is 1. The molecular formula is C26H50N2O3Si2. The molecule has 0 saturated heterocycles. The molecule has 1 rings (SSSR count). The first-order valence-corrected chi connectivity index (χ1v) is 18.0. The van der Waals surface area contributed by atoms with Gasteiger partial charge < -0.3 is 18.9 Å². The highest BCUT2D eigenvalue weighted by molar-refractivity contribution is 6.75. The van der Waals surface area contributed by atoms with Crippen LogP contribution in [0.3, 0.4) is 0 Å². The topological polar surface area (TPSA) is 63.6 Å². The molecule has 7 heteroatoms. The van der Waals surface area contributed by atoms with E-state index in [9.17, 15) is 0 Å². The van der Waals surface area contributed by atoms with Crippen LogP contribution in [-0.2, 0) is 15.3 Å². The van der Waals surface area contributed by atoms with Gasteiger partial charge in [0.1, 0.15) is 12.4 Å². The van der Waals surface area contributed by atoms with Crippen molar-refractivity contribution in [2.75, 3.05) is 13.2 Å². The van der Waals surface area contributed by atoms with Crippen LogP contribution in [-0.4, -0.2) is 47.8 Å². The Hall–Kier alpha value is -1.16. The van der Waals surface area contributed by atoms with Gasteiger partial charge in [-0.2, -0.15) is 0 Å². The van der Waals surface area contributed by atoms with E-state index in [4.69, 9.17) is 19.0 Å². The molecule has 1 unspecified atom stereocenters. The third-order valence-corrected chi connectivity index (χ3v) is 15.8. The lowest BCUT2D eigenvalue weighted by atomic mass is 10.1. The van der Waals surface area contributed by atoms with Gasteiger partial charge in [-0.15, -0.1) is 0 Å². The van der Waals surface area contributed by atoms with E-state index in [1.54, 1.807) is 0 Å². The van der Waals surface area contributed by atoms with E-state index in [0.717, 1.165) is 17.9 Å². The smallest absolute Gasteiger partial charge is 0.252 e. The first-order chi connectivity index (χ1) is 14.8. The summed E-state index contributed by atoms with van der Waals surface area (Å²) in [6.07, 6.45) is 0.501. The Balaban J connectivity index is 2.74. The quantitative estimate of drug-likeness (QED) is 0.197. The van der Waals surface area contributed by atoms with Crippen LogP contribution >= 0.6 is 0 Å².